The minimum Gasteiger partial charge on any atom is -0.310 e. The van der Waals surface area contributed by atoms with E-state index in [1.165, 1.54) is 15.6 Å². The Kier molecular flexibility index (Phi) is 5.79. The van der Waals surface area contributed by atoms with Crippen LogP contribution in [0, 0.1) is 6.92 Å². The Morgan fingerprint density at radius 1 is 1.38 bits per heavy atom. The van der Waals surface area contributed by atoms with Crippen molar-refractivity contribution in [1.82, 2.24) is 10.3 Å². The van der Waals surface area contributed by atoms with E-state index in [2.05, 4.69) is 44.9 Å². The van der Waals surface area contributed by atoms with Gasteiger partial charge in [0.2, 0.25) is 0 Å². The monoisotopic (exact) mass is 258 g/mol. The number of aromatic nitrogens is 1. The van der Waals surface area contributed by atoms with Crippen LogP contribution in [0.1, 0.15) is 49.3 Å². The van der Waals surface area contributed by atoms with E-state index in [9.17, 15) is 0 Å². The number of nitrogens with zero attached hydrogens (tertiary/aromatic N) is 1. The van der Waals surface area contributed by atoms with Crippen molar-refractivity contribution in [3.63, 3.8) is 0 Å². The quantitative estimate of drug-likeness (QED) is 0.841. The van der Waals surface area contributed by atoms with Crippen LogP contribution in [0.2, 0.25) is 0 Å². The van der Waals surface area contributed by atoms with Gasteiger partial charge in [0.05, 0.1) is 5.69 Å². The Labute approximate surface area is 107 Å². The van der Waals surface area contributed by atoms with Crippen molar-refractivity contribution in [1.29, 1.82) is 0 Å². The van der Waals surface area contributed by atoms with Gasteiger partial charge in [-0.1, -0.05) is 20.8 Å². The van der Waals surface area contributed by atoms with Crippen LogP contribution in [0.15, 0.2) is 0 Å². The molecule has 1 N–H and O–H groups in total. The minimum atomic E-state index is 0.431. The highest BCUT2D eigenvalue weighted by Gasteiger charge is 2.13. The van der Waals surface area contributed by atoms with E-state index in [1.54, 1.807) is 0 Å². The molecule has 1 aromatic heterocycles. The molecule has 92 valence electrons. The van der Waals surface area contributed by atoms with E-state index in [4.69, 9.17) is 0 Å². The maximum atomic E-state index is 4.64. The molecule has 4 heteroatoms. The van der Waals surface area contributed by atoms with Gasteiger partial charge in [-0.3, -0.25) is 0 Å². The molecule has 0 radical (unpaired) electrons. The average Bonchev–Trinajstić information content (AvgIpc) is 2.57. The number of hydrogen-bond acceptors (Lipinski definition) is 4. The molecule has 0 aliphatic heterocycles. The summed E-state index contributed by atoms with van der Waals surface area (Å²) in [4.78, 5) is 6.03. The van der Waals surface area contributed by atoms with Crippen LogP contribution in [0.4, 0.5) is 0 Å². The van der Waals surface area contributed by atoms with E-state index >= 15 is 0 Å². The zero-order valence-electron chi connectivity index (χ0n) is 10.8. The molecule has 0 aliphatic carbocycles. The third-order valence-corrected chi connectivity index (χ3v) is 4.95. The molecule has 2 nitrogen and oxygen atoms in total. The Morgan fingerprint density at radius 2 is 2.06 bits per heavy atom. The Bertz CT molecular complexity index is 321. The average molecular weight is 258 g/mol. The van der Waals surface area contributed by atoms with Gasteiger partial charge in [-0.25, -0.2) is 4.98 Å². The summed E-state index contributed by atoms with van der Waals surface area (Å²) in [7, 11) is 0. The van der Waals surface area contributed by atoms with Crippen molar-refractivity contribution < 1.29 is 0 Å². The topological polar surface area (TPSA) is 24.9 Å². The lowest BCUT2D eigenvalue weighted by molar-refractivity contribution is 0.603. The van der Waals surface area contributed by atoms with E-state index in [1.807, 2.05) is 23.1 Å². The molecule has 1 heterocycles. The van der Waals surface area contributed by atoms with Crippen molar-refractivity contribution in [2.45, 2.75) is 51.7 Å². The van der Waals surface area contributed by atoms with Crippen molar-refractivity contribution >= 4 is 23.1 Å². The lowest BCUT2D eigenvalue weighted by atomic mass is 10.2. The molecule has 0 bridgehead atoms. The molecule has 1 aromatic rings. The molecule has 1 unspecified atom stereocenters. The number of thioether (sulfide) groups is 1. The van der Waals surface area contributed by atoms with Gasteiger partial charge in [-0.2, -0.15) is 11.8 Å². The van der Waals surface area contributed by atoms with Crippen LogP contribution in [0.5, 0.6) is 0 Å². The first kappa shape index (κ1) is 14.0. The zero-order valence-corrected chi connectivity index (χ0v) is 12.5. The third kappa shape index (κ3) is 4.07. The highest BCUT2D eigenvalue weighted by atomic mass is 32.2. The lowest BCUT2D eigenvalue weighted by Gasteiger charge is -2.09. The first-order chi connectivity index (χ1) is 7.54. The van der Waals surface area contributed by atoms with Gasteiger partial charge in [0.25, 0.3) is 0 Å². The van der Waals surface area contributed by atoms with Gasteiger partial charge in [0, 0.05) is 16.7 Å². The molecule has 0 aromatic carbocycles. The first-order valence-corrected chi connectivity index (χ1v) is 7.72. The van der Waals surface area contributed by atoms with Crippen molar-refractivity contribution in [2.24, 2.45) is 0 Å². The van der Waals surface area contributed by atoms with Crippen LogP contribution in [0.3, 0.4) is 0 Å². The van der Waals surface area contributed by atoms with Gasteiger partial charge in [0.15, 0.2) is 0 Å². The molecule has 16 heavy (non-hydrogen) atoms. The summed E-state index contributed by atoms with van der Waals surface area (Å²) < 4.78 is 0. The second kappa shape index (κ2) is 6.62. The summed E-state index contributed by atoms with van der Waals surface area (Å²) >= 11 is 3.81. The van der Waals surface area contributed by atoms with Gasteiger partial charge >= 0.3 is 0 Å². The fourth-order valence-electron chi connectivity index (χ4n) is 1.57. The van der Waals surface area contributed by atoms with E-state index in [0.29, 0.717) is 11.3 Å². The summed E-state index contributed by atoms with van der Waals surface area (Å²) in [6.45, 7) is 11.9. The molecule has 0 fully saturated rings. The largest absolute Gasteiger partial charge is 0.310 e. The van der Waals surface area contributed by atoms with E-state index < -0.39 is 0 Å². The second-order valence-corrected chi connectivity index (χ2v) is 6.88. The zero-order chi connectivity index (χ0) is 12.1. The summed E-state index contributed by atoms with van der Waals surface area (Å²) in [6.07, 6.45) is 0. The molecular weight excluding hydrogens is 236 g/mol. The molecule has 0 saturated heterocycles. The van der Waals surface area contributed by atoms with Gasteiger partial charge in [-0.15, -0.1) is 11.3 Å². The van der Waals surface area contributed by atoms with Crippen LogP contribution >= 0.6 is 23.1 Å². The predicted molar refractivity (Wildman–Crippen MR) is 75.4 cm³/mol. The number of thiazole rings is 1. The van der Waals surface area contributed by atoms with Crippen LogP contribution in [-0.2, 0) is 5.75 Å². The Hall–Kier alpha value is -0.0600. The van der Waals surface area contributed by atoms with Crippen LogP contribution in [0.25, 0.3) is 0 Å². The first-order valence-electron chi connectivity index (χ1n) is 5.85. The predicted octanol–water partition coefficient (Wildman–Crippen LogP) is 3.76. The minimum absolute atomic E-state index is 0.431. The maximum absolute atomic E-state index is 4.64. The van der Waals surface area contributed by atoms with Crippen LogP contribution < -0.4 is 5.32 Å². The van der Waals surface area contributed by atoms with E-state index in [-0.39, 0.29) is 0 Å². The molecule has 1 atom stereocenters. The Morgan fingerprint density at radius 3 is 2.62 bits per heavy atom. The smallest absolute Gasteiger partial charge is 0.103 e. The van der Waals surface area contributed by atoms with E-state index in [0.717, 1.165) is 12.3 Å². The standard InChI is InChI=1S/C12H22N2S2/c1-6-13-9(4)12-10(5)14-11(16-12)7-15-8(2)3/h8-9,13H,6-7H2,1-5H3. The van der Waals surface area contributed by atoms with Crippen molar-refractivity contribution in [3.05, 3.63) is 15.6 Å². The number of rotatable bonds is 6. The van der Waals surface area contributed by atoms with Crippen LogP contribution in [-0.4, -0.2) is 16.8 Å². The fraction of sp³-hybridized carbons (Fsp3) is 0.750. The number of nitrogens with one attached hydrogen (secondary N) is 1. The number of hydrogen-bond donors (Lipinski definition) is 1. The summed E-state index contributed by atoms with van der Waals surface area (Å²) in [6, 6.07) is 0.431. The molecule has 1 rings (SSSR count). The SMILES string of the molecule is CCNC(C)c1sc(CSC(C)C)nc1C. The highest BCUT2D eigenvalue weighted by molar-refractivity contribution is 7.99. The molecule has 0 aliphatic rings. The van der Waals surface area contributed by atoms with Gasteiger partial charge in [0.1, 0.15) is 5.01 Å². The van der Waals surface area contributed by atoms with Gasteiger partial charge < -0.3 is 5.32 Å². The third-order valence-electron chi connectivity index (χ3n) is 2.32. The molecular formula is C12H22N2S2. The molecule has 0 spiro atoms. The van der Waals surface area contributed by atoms with Crippen molar-refractivity contribution in [2.75, 3.05) is 6.54 Å². The molecule has 0 saturated carbocycles. The summed E-state index contributed by atoms with van der Waals surface area (Å²) in [5.74, 6) is 1.04. The fourth-order valence-corrected chi connectivity index (χ4v) is 3.44. The lowest BCUT2D eigenvalue weighted by Crippen LogP contribution is -2.17. The number of aryl methyl sites for hydroxylation is 1. The molecule has 0 amide bonds. The summed E-state index contributed by atoms with van der Waals surface area (Å²) in [5.41, 5.74) is 1.19. The van der Waals surface area contributed by atoms with Gasteiger partial charge in [-0.05, 0) is 25.6 Å². The second-order valence-electron chi connectivity index (χ2n) is 4.20. The summed E-state index contributed by atoms with van der Waals surface area (Å²) in [5, 5.41) is 5.38. The normalized spacial score (nSPS) is 13.4. The highest BCUT2D eigenvalue weighted by Crippen LogP contribution is 2.28. The van der Waals surface area contributed by atoms with Crippen molar-refractivity contribution in [3.8, 4) is 0 Å². The Balaban J connectivity index is 2.65. The maximum Gasteiger partial charge on any atom is 0.103 e.